The van der Waals surface area contributed by atoms with Gasteiger partial charge in [-0.1, -0.05) is 15.9 Å². The van der Waals surface area contributed by atoms with E-state index in [1.165, 1.54) is 6.20 Å². The molecule has 1 aromatic carbocycles. The van der Waals surface area contributed by atoms with E-state index in [9.17, 15) is 4.79 Å². The van der Waals surface area contributed by atoms with E-state index in [0.29, 0.717) is 13.2 Å². The van der Waals surface area contributed by atoms with Gasteiger partial charge in [0.25, 0.3) is 5.91 Å². The zero-order valence-electron chi connectivity index (χ0n) is 14.1. The minimum atomic E-state index is -0.371. The Kier molecular flexibility index (Phi) is 5.19. The summed E-state index contributed by atoms with van der Waals surface area (Å²) in [7, 11) is 0. The monoisotopic (exact) mass is 405 g/mol. The number of rotatable bonds is 2. The third-order valence-electron chi connectivity index (χ3n) is 4.04. The predicted octanol–water partition coefficient (Wildman–Crippen LogP) is 2.85. The Morgan fingerprint density at radius 1 is 1.36 bits per heavy atom. The van der Waals surface area contributed by atoms with Gasteiger partial charge in [0.05, 0.1) is 12.2 Å². The first-order chi connectivity index (χ1) is 12.0. The Labute approximate surface area is 154 Å². The largest absolute Gasteiger partial charge is 0.360 e. The van der Waals surface area contributed by atoms with E-state index < -0.39 is 0 Å². The van der Waals surface area contributed by atoms with Gasteiger partial charge in [0.2, 0.25) is 5.96 Å². The highest BCUT2D eigenvalue weighted by molar-refractivity contribution is 9.10. The summed E-state index contributed by atoms with van der Waals surface area (Å²) in [6.45, 7) is 5.21. The van der Waals surface area contributed by atoms with Crippen molar-refractivity contribution in [1.29, 1.82) is 5.41 Å². The van der Waals surface area contributed by atoms with Crippen LogP contribution in [0.3, 0.4) is 0 Å². The van der Waals surface area contributed by atoms with Crippen LogP contribution in [-0.2, 0) is 9.63 Å². The summed E-state index contributed by atoms with van der Waals surface area (Å²) in [4.78, 5) is 22.0. The smallest absolute Gasteiger partial charge is 0.263 e. The van der Waals surface area contributed by atoms with E-state index in [1.807, 2.05) is 26.0 Å². The lowest BCUT2D eigenvalue weighted by Crippen LogP contribution is -2.50. The number of anilines is 1. The number of benzene rings is 1. The molecule has 2 aliphatic heterocycles. The van der Waals surface area contributed by atoms with Crippen LogP contribution in [-0.4, -0.2) is 35.9 Å². The average Bonchev–Trinajstić information content (AvgIpc) is 2.56. The normalized spacial score (nSPS) is 19.7. The summed E-state index contributed by atoms with van der Waals surface area (Å²) < 4.78 is 1.000. The van der Waals surface area contributed by atoms with Crippen LogP contribution in [0.5, 0.6) is 0 Å². The standard InChI is InChI=1S/C17H20BrN5O2/c1-10-7-12(18)8-11(2)14(10)20-9-13-15(19)21-17(22-16(13)24)23-5-3-4-6-25-23/h7-9,20H,3-6H2,1-2H3,(H2,19,21,22,24)/b13-9+. The van der Waals surface area contributed by atoms with Crippen molar-refractivity contribution in [3.05, 3.63) is 39.5 Å². The second-order valence-electron chi connectivity index (χ2n) is 6.00. The number of guanidine groups is 1. The molecule has 0 atom stereocenters. The van der Waals surface area contributed by atoms with Gasteiger partial charge < -0.3 is 5.32 Å². The van der Waals surface area contributed by atoms with Gasteiger partial charge in [-0.15, -0.1) is 0 Å². The molecule has 0 bridgehead atoms. The van der Waals surface area contributed by atoms with Gasteiger partial charge in [-0.3, -0.25) is 20.4 Å². The fourth-order valence-corrected chi connectivity index (χ4v) is 3.46. The minimum absolute atomic E-state index is 0.0900. The van der Waals surface area contributed by atoms with Gasteiger partial charge in [-0.05, 0) is 49.9 Å². The van der Waals surface area contributed by atoms with E-state index in [1.54, 1.807) is 5.06 Å². The summed E-state index contributed by atoms with van der Waals surface area (Å²) in [5, 5.41) is 15.5. The second-order valence-corrected chi connectivity index (χ2v) is 6.91. The molecule has 1 fully saturated rings. The number of nitrogens with zero attached hydrogens (tertiary/aromatic N) is 2. The van der Waals surface area contributed by atoms with Crippen molar-refractivity contribution >= 4 is 39.3 Å². The summed E-state index contributed by atoms with van der Waals surface area (Å²) in [5.74, 6) is -0.181. The molecule has 0 aliphatic carbocycles. The van der Waals surface area contributed by atoms with Crippen LogP contribution in [0.1, 0.15) is 24.0 Å². The number of amides is 1. The highest BCUT2D eigenvalue weighted by Crippen LogP contribution is 2.25. The van der Waals surface area contributed by atoms with Gasteiger partial charge in [0.15, 0.2) is 5.84 Å². The maximum Gasteiger partial charge on any atom is 0.263 e. The lowest BCUT2D eigenvalue weighted by atomic mass is 10.1. The molecule has 2 aliphatic rings. The van der Waals surface area contributed by atoms with Crippen molar-refractivity contribution in [2.75, 3.05) is 18.5 Å². The third-order valence-corrected chi connectivity index (χ3v) is 4.50. The zero-order chi connectivity index (χ0) is 18.0. The molecule has 0 aromatic heterocycles. The number of amidine groups is 1. The van der Waals surface area contributed by atoms with E-state index in [2.05, 4.69) is 31.6 Å². The highest BCUT2D eigenvalue weighted by atomic mass is 79.9. The maximum absolute atomic E-state index is 12.4. The summed E-state index contributed by atoms with van der Waals surface area (Å²) in [5.41, 5.74) is 3.17. The number of aryl methyl sites for hydroxylation is 2. The van der Waals surface area contributed by atoms with Crippen LogP contribution in [0, 0.1) is 19.3 Å². The molecule has 25 heavy (non-hydrogen) atoms. The average molecular weight is 406 g/mol. The Hall–Kier alpha value is -2.19. The molecule has 0 unspecified atom stereocenters. The van der Waals surface area contributed by atoms with Gasteiger partial charge in [-0.25, -0.2) is 5.06 Å². The SMILES string of the molecule is Cc1cc(Br)cc(C)c1N/C=C1\C(=N)N=C(N2CCCCO2)NC1=O. The molecule has 132 valence electrons. The third kappa shape index (κ3) is 3.91. The molecule has 0 spiro atoms. The number of hydroxylamine groups is 2. The van der Waals surface area contributed by atoms with E-state index in [-0.39, 0.29) is 23.3 Å². The highest BCUT2D eigenvalue weighted by Gasteiger charge is 2.27. The quantitative estimate of drug-likeness (QED) is 0.659. The second kappa shape index (κ2) is 7.37. The molecule has 1 amide bonds. The molecular formula is C17H20BrN5O2. The molecule has 0 radical (unpaired) electrons. The van der Waals surface area contributed by atoms with Crippen LogP contribution in [0.2, 0.25) is 0 Å². The number of hydrogen-bond donors (Lipinski definition) is 3. The first-order valence-electron chi connectivity index (χ1n) is 8.08. The number of nitrogens with one attached hydrogen (secondary N) is 3. The van der Waals surface area contributed by atoms with Crippen LogP contribution < -0.4 is 10.6 Å². The Bertz CT molecular complexity index is 758. The van der Waals surface area contributed by atoms with Crippen molar-refractivity contribution in [2.45, 2.75) is 26.7 Å². The van der Waals surface area contributed by atoms with Crippen LogP contribution in [0.25, 0.3) is 0 Å². The van der Waals surface area contributed by atoms with Gasteiger partial charge in [0, 0.05) is 22.9 Å². The molecule has 1 aromatic rings. The van der Waals surface area contributed by atoms with Crippen molar-refractivity contribution in [1.82, 2.24) is 10.4 Å². The van der Waals surface area contributed by atoms with Gasteiger partial charge in [0.1, 0.15) is 0 Å². The number of carbonyl (C=O) groups excluding carboxylic acids is 1. The summed E-state index contributed by atoms with van der Waals surface area (Å²) in [6, 6.07) is 3.98. The molecule has 7 nitrogen and oxygen atoms in total. The zero-order valence-corrected chi connectivity index (χ0v) is 15.7. The Balaban J connectivity index is 1.79. The lowest BCUT2D eigenvalue weighted by molar-refractivity contribution is -0.130. The first kappa shape index (κ1) is 17.6. The number of halogens is 1. The van der Waals surface area contributed by atoms with Crippen LogP contribution in [0.15, 0.2) is 33.4 Å². The lowest BCUT2D eigenvalue weighted by Gasteiger charge is -2.30. The first-order valence-corrected chi connectivity index (χ1v) is 8.88. The van der Waals surface area contributed by atoms with Crippen LogP contribution in [0.4, 0.5) is 5.69 Å². The van der Waals surface area contributed by atoms with Crippen LogP contribution >= 0.6 is 15.9 Å². The van der Waals surface area contributed by atoms with Crippen molar-refractivity contribution in [2.24, 2.45) is 4.99 Å². The van der Waals surface area contributed by atoms with E-state index >= 15 is 0 Å². The fraction of sp³-hybridized carbons (Fsp3) is 0.353. The van der Waals surface area contributed by atoms with Crippen molar-refractivity contribution < 1.29 is 9.63 Å². The van der Waals surface area contributed by atoms with Gasteiger partial charge >= 0.3 is 0 Å². The molecule has 3 N–H and O–H groups in total. The van der Waals surface area contributed by atoms with Crippen molar-refractivity contribution in [3.63, 3.8) is 0 Å². The van der Waals surface area contributed by atoms with Gasteiger partial charge in [-0.2, -0.15) is 4.99 Å². The number of carbonyl (C=O) groups is 1. The molecule has 3 rings (SSSR count). The molecule has 2 heterocycles. The summed E-state index contributed by atoms with van der Waals surface area (Å²) >= 11 is 3.46. The van der Waals surface area contributed by atoms with E-state index in [0.717, 1.165) is 34.1 Å². The summed E-state index contributed by atoms with van der Waals surface area (Å²) in [6.07, 6.45) is 3.48. The maximum atomic E-state index is 12.4. The number of aliphatic imine (C=N–C) groups is 1. The topological polar surface area (TPSA) is 89.8 Å². The molecular weight excluding hydrogens is 386 g/mol. The minimum Gasteiger partial charge on any atom is -0.360 e. The van der Waals surface area contributed by atoms with Crippen molar-refractivity contribution in [3.8, 4) is 0 Å². The molecule has 8 heteroatoms. The Morgan fingerprint density at radius 2 is 2.08 bits per heavy atom. The number of hydrogen-bond acceptors (Lipinski definition) is 5. The van der Waals surface area contributed by atoms with E-state index in [4.69, 9.17) is 10.2 Å². The molecule has 0 saturated carbocycles. The predicted molar refractivity (Wildman–Crippen MR) is 101 cm³/mol. The fourth-order valence-electron chi connectivity index (χ4n) is 2.77. The Morgan fingerprint density at radius 3 is 2.68 bits per heavy atom. The molecule has 1 saturated heterocycles.